The van der Waals surface area contributed by atoms with Crippen LogP contribution in [0.4, 0.5) is 0 Å². The first-order valence-electron chi connectivity index (χ1n) is 5.63. The third-order valence-corrected chi connectivity index (χ3v) is 3.23. The molecule has 0 unspecified atom stereocenters. The largest absolute Gasteiger partial charge is 0.325 e. The smallest absolute Gasteiger partial charge is 0.0161 e. The molecule has 80 valence electrons. The minimum Gasteiger partial charge on any atom is -0.325 e. The standard InChI is InChI=1S/C11H26N2/c1-5-11(12,6-2)9-10-13(7-3)8-4/h5-10,12H2,1-4H3. The van der Waals surface area contributed by atoms with Crippen molar-refractivity contribution in [3.63, 3.8) is 0 Å². The highest BCUT2D eigenvalue weighted by Crippen LogP contribution is 2.16. The van der Waals surface area contributed by atoms with Crippen LogP contribution in [0.2, 0.25) is 0 Å². The monoisotopic (exact) mass is 186 g/mol. The van der Waals surface area contributed by atoms with Gasteiger partial charge < -0.3 is 10.6 Å². The Labute approximate surface area is 83.5 Å². The van der Waals surface area contributed by atoms with Crippen LogP contribution in [0.1, 0.15) is 47.0 Å². The molecule has 0 radical (unpaired) electrons. The quantitative estimate of drug-likeness (QED) is 0.660. The summed E-state index contributed by atoms with van der Waals surface area (Å²) in [7, 11) is 0. The Balaban J connectivity index is 3.83. The normalized spacial score (nSPS) is 12.5. The molecule has 0 fully saturated rings. The summed E-state index contributed by atoms with van der Waals surface area (Å²) in [6.45, 7) is 12.2. The van der Waals surface area contributed by atoms with Crippen LogP contribution in [-0.4, -0.2) is 30.1 Å². The maximum absolute atomic E-state index is 6.23. The summed E-state index contributed by atoms with van der Waals surface area (Å²) in [5.74, 6) is 0. The van der Waals surface area contributed by atoms with Crippen LogP contribution in [0.15, 0.2) is 0 Å². The molecule has 0 aromatic rings. The lowest BCUT2D eigenvalue weighted by molar-refractivity contribution is 0.250. The molecular formula is C11H26N2. The Morgan fingerprint density at radius 2 is 1.46 bits per heavy atom. The van der Waals surface area contributed by atoms with Gasteiger partial charge in [0.15, 0.2) is 0 Å². The van der Waals surface area contributed by atoms with E-state index in [9.17, 15) is 0 Å². The van der Waals surface area contributed by atoms with Gasteiger partial charge >= 0.3 is 0 Å². The molecular weight excluding hydrogens is 160 g/mol. The average Bonchev–Trinajstić information content (AvgIpc) is 2.19. The predicted molar refractivity (Wildman–Crippen MR) is 59.9 cm³/mol. The molecule has 0 saturated heterocycles. The van der Waals surface area contributed by atoms with Gasteiger partial charge in [-0.25, -0.2) is 0 Å². The number of nitrogens with zero attached hydrogens (tertiary/aromatic N) is 1. The van der Waals surface area contributed by atoms with Crippen LogP contribution in [0.3, 0.4) is 0 Å². The van der Waals surface area contributed by atoms with Gasteiger partial charge in [-0.2, -0.15) is 0 Å². The maximum Gasteiger partial charge on any atom is 0.0161 e. The molecule has 0 aliphatic carbocycles. The van der Waals surface area contributed by atoms with Crippen molar-refractivity contribution in [3.05, 3.63) is 0 Å². The number of hydrogen-bond donors (Lipinski definition) is 1. The molecule has 2 heteroatoms. The molecule has 0 spiro atoms. The second-order valence-corrected chi connectivity index (χ2v) is 3.85. The van der Waals surface area contributed by atoms with Crippen LogP contribution >= 0.6 is 0 Å². The summed E-state index contributed by atoms with van der Waals surface area (Å²) in [6.07, 6.45) is 3.30. The van der Waals surface area contributed by atoms with E-state index in [-0.39, 0.29) is 5.54 Å². The molecule has 0 heterocycles. The van der Waals surface area contributed by atoms with E-state index in [1.807, 2.05) is 0 Å². The number of hydrogen-bond acceptors (Lipinski definition) is 2. The maximum atomic E-state index is 6.23. The van der Waals surface area contributed by atoms with Crippen LogP contribution in [0.5, 0.6) is 0 Å². The van der Waals surface area contributed by atoms with Gasteiger partial charge in [-0.3, -0.25) is 0 Å². The Kier molecular flexibility index (Phi) is 6.35. The molecule has 0 amide bonds. The van der Waals surface area contributed by atoms with E-state index in [0.29, 0.717) is 0 Å². The fourth-order valence-corrected chi connectivity index (χ4v) is 1.52. The van der Waals surface area contributed by atoms with Gasteiger partial charge in [0.25, 0.3) is 0 Å². The first-order chi connectivity index (χ1) is 6.11. The molecule has 0 saturated carbocycles. The highest BCUT2D eigenvalue weighted by molar-refractivity contribution is 4.81. The molecule has 13 heavy (non-hydrogen) atoms. The van der Waals surface area contributed by atoms with Crippen LogP contribution in [-0.2, 0) is 0 Å². The highest BCUT2D eigenvalue weighted by atomic mass is 15.1. The lowest BCUT2D eigenvalue weighted by Crippen LogP contribution is -2.42. The Morgan fingerprint density at radius 3 is 1.77 bits per heavy atom. The molecule has 0 rings (SSSR count). The summed E-state index contributed by atoms with van der Waals surface area (Å²) >= 11 is 0. The zero-order valence-corrected chi connectivity index (χ0v) is 9.77. The van der Waals surface area contributed by atoms with E-state index in [2.05, 4.69) is 32.6 Å². The molecule has 0 aromatic heterocycles. The topological polar surface area (TPSA) is 29.3 Å². The van der Waals surface area contributed by atoms with Gasteiger partial charge in [-0.05, 0) is 38.9 Å². The fraction of sp³-hybridized carbons (Fsp3) is 1.00. The lowest BCUT2D eigenvalue weighted by Gasteiger charge is -2.29. The summed E-state index contributed by atoms with van der Waals surface area (Å²) in [5, 5.41) is 0. The van der Waals surface area contributed by atoms with Crippen LogP contribution < -0.4 is 5.73 Å². The predicted octanol–water partition coefficient (Wildman–Crippen LogP) is 2.24. The van der Waals surface area contributed by atoms with E-state index in [4.69, 9.17) is 5.73 Å². The van der Waals surface area contributed by atoms with E-state index < -0.39 is 0 Å². The summed E-state index contributed by atoms with van der Waals surface area (Å²) in [4.78, 5) is 2.44. The van der Waals surface area contributed by atoms with Crippen molar-refractivity contribution < 1.29 is 0 Å². The molecule has 0 aliphatic heterocycles. The van der Waals surface area contributed by atoms with Crippen molar-refractivity contribution in [1.82, 2.24) is 4.90 Å². The molecule has 0 bridgehead atoms. The van der Waals surface area contributed by atoms with Crippen molar-refractivity contribution in [2.24, 2.45) is 5.73 Å². The summed E-state index contributed by atoms with van der Waals surface area (Å²) in [5.41, 5.74) is 6.30. The zero-order valence-electron chi connectivity index (χ0n) is 9.77. The van der Waals surface area contributed by atoms with Crippen LogP contribution in [0, 0.1) is 0 Å². The van der Waals surface area contributed by atoms with Crippen molar-refractivity contribution >= 4 is 0 Å². The van der Waals surface area contributed by atoms with Crippen LogP contribution in [0.25, 0.3) is 0 Å². The van der Waals surface area contributed by atoms with Gasteiger partial charge in [0.1, 0.15) is 0 Å². The van der Waals surface area contributed by atoms with E-state index in [1.54, 1.807) is 0 Å². The summed E-state index contributed by atoms with van der Waals surface area (Å²) < 4.78 is 0. The van der Waals surface area contributed by atoms with Gasteiger partial charge in [-0.15, -0.1) is 0 Å². The highest BCUT2D eigenvalue weighted by Gasteiger charge is 2.20. The number of nitrogens with two attached hydrogens (primary N) is 1. The first kappa shape index (κ1) is 12.9. The van der Waals surface area contributed by atoms with Crippen molar-refractivity contribution in [2.75, 3.05) is 19.6 Å². The van der Waals surface area contributed by atoms with Crippen molar-refractivity contribution in [3.8, 4) is 0 Å². The SMILES string of the molecule is CCN(CC)CCC(N)(CC)CC. The second-order valence-electron chi connectivity index (χ2n) is 3.85. The van der Waals surface area contributed by atoms with E-state index in [0.717, 1.165) is 38.9 Å². The Morgan fingerprint density at radius 1 is 1.00 bits per heavy atom. The zero-order chi connectivity index (χ0) is 10.3. The summed E-state index contributed by atoms with van der Waals surface area (Å²) in [6, 6.07) is 0. The molecule has 0 atom stereocenters. The minimum absolute atomic E-state index is 0.0720. The first-order valence-corrected chi connectivity index (χ1v) is 5.63. The minimum atomic E-state index is 0.0720. The molecule has 0 aliphatic rings. The second kappa shape index (κ2) is 6.39. The van der Waals surface area contributed by atoms with Gasteiger partial charge in [-0.1, -0.05) is 27.7 Å². The molecule has 2 N–H and O–H groups in total. The van der Waals surface area contributed by atoms with Gasteiger partial charge in [0, 0.05) is 5.54 Å². The Bertz CT molecular complexity index is 115. The van der Waals surface area contributed by atoms with Gasteiger partial charge in [0.05, 0.1) is 0 Å². The average molecular weight is 186 g/mol. The van der Waals surface area contributed by atoms with Crippen molar-refractivity contribution in [1.29, 1.82) is 0 Å². The van der Waals surface area contributed by atoms with Gasteiger partial charge in [0.2, 0.25) is 0 Å². The Hall–Kier alpha value is -0.0800. The molecule has 2 nitrogen and oxygen atoms in total. The number of rotatable bonds is 7. The lowest BCUT2D eigenvalue weighted by atomic mass is 9.90. The van der Waals surface area contributed by atoms with Crippen molar-refractivity contribution in [2.45, 2.75) is 52.5 Å². The van der Waals surface area contributed by atoms with E-state index >= 15 is 0 Å². The third kappa shape index (κ3) is 4.63. The van der Waals surface area contributed by atoms with E-state index in [1.165, 1.54) is 0 Å². The third-order valence-electron chi connectivity index (χ3n) is 3.23. The molecule has 0 aromatic carbocycles. The fourth-order valence-electron chi connectivity index (χ4n) is 1.52.